The van der Waals surface area contributed by atoms with Gasteiger partial charge in [0.15, 0.2) is 0 Å². The zero-order chi connectivity index (χ0) is 19.5. The molecule has 28 heavy (non-hydrogen) atoms. The van der Waals surface area contributed by atoms with Gasteiger partial charge in [0.05, 0.1) is 23.3 Å². The minimum atomic E-state index is 0.0938. The maximum Gasteiger partial charge on any atom is 0.236 e. The second-order valence-electron chi connectivity index (χ2n) is 7.51. The van der Waals surface area contributed by atoms with Crippen molar-refractivity contribution in [2.75, 3.05) is 58.9 Å². The van der Waals surface area contributed by atoms with Gasteiger partial charge in [-0.2, -0.15) is 0 Å². The van der Waals surface area contributed by atoms with Crippen LogP contribution in [0.25, 0.3) is 10.2 Å². The van der Waals surface area contributed by atoms with Gasteiger partial charge in [0.1, 0.15) is 5.01 Å². The van der Waals surface area contributed by atoms with Crippen molar-refractivity contribution in [2.45, 2.75) is 13.5 Å². The molecule has 0 spiro atoms. The van der Waals surface area contributed by atoms with Gasteiger partial charge in [-0.1, -0.05) is 12.1 Å². The topological polar surface area (TPSA) is 60.0 Å². The lowest BCUT2D eigenvalue weighted by atomic mass is 10.2. The number of para-hydroxylation sites is 1. The second kappa shape index (κ2) is 8.55. The third-order valence-corrected chi connectivity index (χ3v) is 6.62. The highest BCUT2D eigenvalue weighted by Gasteiger charge is 2.25. The number of fused-ring (bicyclic) bond motifs is 1. The van der Waals surface area contributed by atoms with Gasteiger partial charge in [-0.25, -0.2) is 4.98 Å². The van der Waals surface area contributed by atoms with Crippen molar-refractivity contribution in [3.63, 3.8) is 0 Å². The van der Waals surface area contributed by atoms with E-state index in [4.69, 9.17) is 4.98 Å². The van der Waals surface area contributed by atoms with Crippen LogP contribution >= 0.6 is 11.3 Å². The van der Waals surface area contributed by atoms with Crippen LogP contribution in [0.15, 0.2) is 24.3 Å². The fraction of sp³-hybridized carbons (Fsp3) is 0.550. The van der Waals surface area contributed by atoms with Gasteiger partial charge in [0.2, 0.25) is 11.8 Å². The maximum atomic E-state index is 12.6. The average molecular weight is 402 g/mol. The normalized spacial score (nSPS) is 19.3. The van der Waals surface area contributed by atoms with Gasteiger partial charge in [0, 0.05) is 59.3 Å². The molecule has 2 aliphatic rings. The largest absolute Gasteiger partial charge is 0.339 e. The van der Waals surface area contributed by atoms with Crippen molar-refractivity contribution in [3.05, 3.63) is 29.3 Å². The summed E-state index contributed by atoms with van der Waals surface area (Å²) in [6, 6.07) is 8.27. The summed E-state index contributed by atoms with van der Waals surface area (Å²) >= 11 is 1.77. The summed E-state index contributed by atoms with van der Waals surface area (Å²) in [5.74, 6) is 0.277. The molecule has 0 saturated carbocycles. The van der Waals surface area contributed by atoms with Gasteiger partial charge < -0.3 is 9.80 Å². The Morgan fingerprint density at radius 2 is 1.57 bits per heavy atom. The zero-order valence-electron chi connectivity index (χ0n) is 16.3. The van der Waals surface area contributed by atoms with Crippen LogP contribution in [0.5, 0.6) is 0 Å². The first-order valence-corrected chi connectivity index (χ1v) is 10.7. The van der Waals surface area contributed by atoms with Crippen LogP contribution in [0.3, 0.4) is 0 Å². The first-order valence-electron chi connectivity index (χ1n) is 9.91. The summed E-state index contributed by atoms with van der Waals surface area (Å²) in [4.78, 5) is 37.1. The lowest BCUT2D eigenvalue weighted by Crippen LogP contribution is -2.54. The van der Waals surface area contributed by atoms with Crippen LogP contribution in [-0.4, -0.2) is 95.3 Å². The standard InChI is InChI=1S/C20H27N5O2S/c1-16(26)24-10-12-25(13-11-24)20(27)15-23-8-6-22(7-9-23)14-19-21-17-4-2-3-5-18(17)28-19/h2-5H,6-15H2,1H3. The smallest absolute Gasteiger partial charge is 0.236 e. The van der Waals surface area contributed by atoms with E-state index in [1.165, 1.54) is 4.70 Å². The first-order chi connectivity index (χ1) is 13.6. The summed E-state index contributed by atoms with van der Waals surface area (Å²) in [6.07, 6.45) is 0. The van der Waals surface area contributed by atoms with Gasteiger partial charge in [-0.05, 0) is 12.1 Å². The Hall–Kier alpha value is -2.03. The Kier molecular flexibility index (Phi) is 5.89. The Bertz CT molecular complexity index is 805. The van der Waals surface area contributed by atoms with E-state index < -0.39 is 0 Å². The summed E-state index contributed by atoms with van der Waals surface area (Å²) in [7, 11) is 0. The van der Waals surface area contributed by atoms with Crippen molar-refractivity contribution < 1.29 is 9.59 Å². The second-order valence-corrected chi connectivity index (χ2v) is 8.63. The molecule has 150 valence electrons. The number of hydrogen-bond donors (Lipinski definition) is 0. The van der Waals surface area contributed by atoms with Crippen LogP contribution < -0.4 is 0 Å². The van der Waals surface area contributed by atoms with Crippen molar-refractivity contribution in [1.82, 2.24) is 24.6 Å². The molecule has 2 aliphatic heterocycles. The minimum Gasteiger partial charge on any atom is -0.339 e. The van der Waals surface area contributed by atoms with Crippen molar-refractivity contribution in [3.8, 4) is 0 Å². The highest BCUT2D eigenvalue weighted by molar-refractivity contribution is 7.18. The Balaban J connectivity index is 1.22. The van der Waals surface area contributed by atoms with Gasteiger partial charge in [-0.15, -0.1) is 11.3 Å². The van der Waals surface area contributed by atoms with Crippen molar-refractivity contribution >= 4 is 33.4 Å². The van der Waals surface area contributed by atoms with E-state index in [0.717, 1.165) is 43.2 Å². The summed E-state index contributed by atoms with van der Waals surface area (Å²) in [6.45, 7) is 9.28. The molecular weight excluding hydrogens is 374 g/mol. The van der Waals surface area contributed by atoms with E-state index in [2.05, 4.69) is 28.0 Å². The van der Waals surface area contributed by atoms with Gasteiger partial charge in [0.25, 0.3) is 0 Å². The van der Waals surface area contributed by atoms with Crippen molar-refractivity contribution in [2.24, 2.45) is 0 Å². The fourth-order valence-electron chi connectivity index (χ4n) is 3.85. The number of benzene rings is 1. The number of carbonyl (C=O) groups excluding carboxylic acids is 2. The molecule has 0 unspecified atom stereocenters. The number of amides is 2. The first kappa shape index (κ1) is 19.3. The maximum absolute atomic E-state index is 12.6. The fourth-order valence-corrected chi connectivity index (χ4v) is 4.86. The minimum absolute atomic E-state index is 0.0938. The number of hydrogen-bond acceptors (Lipinski definition) is 6. The number of carbonyl (C=O) groups is 2. The third-order valence-electron chi connectivity index (χ3n) is 5.60. The van der Waals surface area contributed by atoms with Crippen LogP contribution in [0.4, 0.5) is 0 Å². The monoisotopic (exact) mass is 401 g/mol. The number of nitrogens with zero attached hydrogens (tertiary/aromatic N) is 5. The molecule has 1 aromatic heterocycles. The number of rotatable bonds is 4. The highest BCUT2D eigenvalue weighted by atomic mass is 32.1. The SMILES string of the molecule is CC(=O)N1CCN(C(=O)CN2CCN(Cc3nc4ccccc4s3)CC2)CC1. The van der Waals surface area contributed by atoms with E-state index in [-0.39, 0.29) is 11.8 Å². The lowest BCUT2D eigenvalue weighted by molar-refractivity contribution is -0.139. The van der Waals surface area contributed by atoms with Gasteiger partial charge in [-0.3, -0.25) is 19.4 Å². The number of piperazine rings is 2. The molecule has 0 aliphatic carbocycles. The van der Waals surface area contributed by atoms with E-state index in [1.807, 2.05) is 15.9 Å². The van der Waals surface area contributed by atoms with Gasteiger partial charge >= 0.3 is 0 Å². The van der Waals surface area contributed by atoms with Crippen molar-refractivity contribution in [1.29, 1.82) is 0 Å². The molecule has 2 fully saturated rings. The average Bonchev–Trinajstić information content (AvgIpc) is 3.12. The quantitative estimate of drug-likeness (QED) is 0.768. The molecule has 0 bridgehead atoms. The predicted octanol–water partition coefficient (Wildman–Crippen LogP) is 1.10. The van der Waals surface area contributed by atoms with E-state index in [1.54, 1.807) is 18.3 Å². The van der Waals surface area contributed by atoms with Crippen LogP contribution in [0, 0.1) is 0 Å². The molecule has 2 amide bonds. The highest BCUT2D eigenvalue weighted by Crippen LogP contribution is 2.23. The van der Waals surface area contributed by atoms with E-state index in [9.17, 15) is 9.59 Å². The van der Waals surface area contributed by atoms with E-state index in [0.29, 0.717) is 32.7 Å². The van der Waals surface area contributed by atoms with Crippen LogP contribution in [-0.2, 0) is 16.1 Å². The predicted molar refractivity (Wildman–Crippen MR) is 110 cm³/mol. The molecule has 4 rings (SSSR count). The molecule has 0 radical (unpaired) electrons. The van der Waals surface area contributed by atoms with Crippen LogP contribution in [0.1, 0.15) is 11.9 Å². The molecule has 2 aromatic rings. The zero-order valence-corrected chi connectivity index (χ0v) is 17.2. The molecule has 7 nitrogen and oxygen atoms in total. The number of aromatic nitrogens is 1. The molecule has 1 aromatic carbocycles. The molecular formula is C20H27N5O2S. The third kappa shape index (κ3) is 4.51. The summed E-state index contributed by atoms with van der Waals surface area (Å²) in [5, 5.41) is 1.16. The molecule has 0 N–H and O–H groups in total. The molecule has 0 atom stereocenters. The summed E-state index contributed by atoms with van der Waals surface area (Å²) < 4.78 is 1.24. The Morgan fingerprint density at radius 3 is 2.25 bits per heavy atom. The van der Waals surface area contributed by atoms with Crippen LogP contribution in [0.2, 0.25) is 0 Å². The Labute approximate surface area is 169 Å². The lowest BCUT2D eigenvalue weighted by Gasteiger charge is -2.37. The number of thiazole rings is 1. The summed E-state index contributed by atoms with van der Waals surface area (Å²) in [5.41, 5.74) is 1.08. The molecule has 2 saturated heterocycles. The molecule has 8 heteroatoms. The van der Waals surface area contributed by atoms with E-state index >= 15 is 0 Å². The Morgan fingerprint density at radius 1 is 0.929 bits per heavy atom. The molecule has 3 heterocycles.